The molecule has 0 bridgehead atoms. The topological polar surface area (TPSA) is 96.6 Å². The summed E-state index contributed by atoms with van der Waals surface area (Å²) in [4.78, 5) is 22.6. The van der Waals surface area contributed by atoms with Crippen molar-refractivity contribution < 1.29 is 19.2 Å². The molecule has 18 heavy (non-hydrogen) atoms. The van der Waals surface area contributed by atoms with Crippen molar-refractivity contribution in [3.63, 3.8) is 0 Å². The highest BCUT2D eigenvalue weighted by molar-refractivity contribution is 7.84. The van der Waals surface area contributed by atoms with Gasteiger partial charge in [-0.2, -0.15) is 0 Å². The third-order valence-corrected chi connectivity index (χ3v) is 4.03. The molecule has 1 aromatic heterocycles. The maximum atomic E-state index is 11.6. The number of nitrogens with zero attached hydrogens (tertiary/aromatic N) is 1. The van der Waals surface area contributed by atoms with Gasteiger partial charge in [0.1, 0.15) is 11.4 Å². The van der Waals surface area contributed by atoms with E-state index in [2.05, 4.69) is 0 Å². The highest BCUT2D eigenvalue weighted by Crippen LogP contribution is 2.10. The molecule has 2 unspecified atom stereocenters. The molecule has 1 heterocycles. The molecule has 0 saturated heterocycles. The summed E-state index contributed by atoms with van der Waals surface area (Å²) >= 11 is 0. The smallest absolute Gasteiger partial charge is 0.352 e. The van der Waals surface area contributed by atoms with E-state index in [0.717, 1.165) is 16.7 Å². The Morgan fingerprint density at radius 2 is 2.11 bits per heavy atom. The zero-order valence-corrected chi connectivity index (χ0v) is 10.9. The number of hydrogen-bond acceptors (Lipinski definition) is 4. The van der Waals surface area contributed by atoms with Crippen molar-refractivity contribution in [2.75, 3.05) is 6.26 Å². The van der Waals surface area contributed by atoms with Crippen molar-refractivity contribution in [1.29, 1.82) is 0 Å². The van der Waals surface area contributed by atoms with Crippen LogP contribution in [0.1, 0.15) is 23.8 Å². The van der Waals surface area contributed by atoms with Gasteiger partial charge in [-0.05, 0) is 6.42 Å². The van der Waals surface area contributed by atoms with Gasteiger partial charge in [0.05, 0.1) is 0 Å². The SMILES string of the molecule is CC(CCn1c(C(=O)O)cc(O)cc1=O)S(C)=O. The normalized spacial score (nSPS) is 14.1. The Labute approximate surface area is 106 Å². The average Bonchev–Trinajstić information content (AvgIpc) is 2.26. The second-order valence-electron chi connectivity index (χ2n) is 3.99. The molecule has 0 saturated carbocycles. The van der Waals surface area contributed by atoms with E-state index in [0.29, 0.717) is 6.42 Å². The number of aromatic nitrogens is 1. The van der Waals surface area contributed by atoms with Gasteiger partial charge in [0.25, 0.3) is 5.56 Å². The average molecular weight is 273 g/mol. The number of carboxylic acid groups (broad SMARTS) is 1. The number of rotatable bonds is 5. The van der Waals surface area contributed by atoms with Gasteiger partial charge >= 0.3 is 5.97 Å². The number of carboxylic acids is 1. The maximum Gasteiger partial charge on any atom is 0.352 e. The predicted octanol–water partition coefficient (Wildman–Crippen LogP) is 0.409. The van der Waals surface area contributed by atoms with Crippen LogP contribution < -0.4 is 5.56 Å². The summed E-state index contributed by atoms with van der Waals surface area (Å²) in [6.07, 6.45) is 1.98. The Balaban J connectivity index is 3.05. The summed E-state index contributed by atoms with van der Waals surface area (Å²) < 4.78 is 12.3. The monoisotopic (exact) mass is 273 g/mol. The number of carbonyl (C=O) groups is 1. The van der Waals surface area contributed by atoms with Crippen LogP contribution in [0.25, 0.3) is 0 Å². The van der Waals surface area contributed by atoms with Gasteiger partial charge in [-0.15, -0.1) is 0 Å². The number of pyridine rings is 1. The van der Waals surface area contributed by atoms with Crippen molar-refractivity contribution in [1.82, 2.24) is 4.57 Å². The predicted molar refractivity (Wildman–Crippen MR) is 67.5 cm³/mol. The Bertz CT molecular complexity index is 537. The fourth-order valence-corrected chi connectivity index (χ4v) is 1.90. The molecule has 0 amide bonds. The lowest BCUT2D eigenvalue weighted by molar-refractivity contribution is 0.0682. The summed E-state index contributed by atoms with van der Waals surface area (Å²) in [6.45, 7) is 1.92. The van der Waals surface area contributed by atoms with Crippen LogP contribution in [-0.4, -0.2) is 36.5 Å². The summed E-state index contributed by atoms with van der Waals surface area (Å²) in [5.74, 6) is -1.66. The first-order valence-corrected chi connectivity index (χ1v) is 6.94. The zero-order valence-electron chi connectivity index (χ0n) is 10.1. The van der Waals surface area contributed by atoms with Gasteiger partial charge in [0.15, 0.2) is 0 Å². The van der Waals surface area contributed by atoms with Crippen LogP contribution in [0.4, 0.5) is 0 Å². The number of aromatic carboxylic acids is 1. The molecule has 0 aliphatic carbocycles. The molecule has 2 atom stereocenters. The summed E-state index contributed by atoms with van der Waals surface area (Å²) in [5.41, 5.74) is -0.851. The van der Waals surface area contributed by atoms with Crippen molar-refractivity contribution >= 4 is 16.8 Å². The van der Waals surface area contributed by atoms with Crippen LogP contribution >= 0.6 is 0 Å². The van der Waals surface area contributed by atoms with Crippen LogP contribution in [0.3, 0.4) is 0 Å². The second kappa shape index (κ2) is 5.81. The summed E-state index contributed by atoms with van der Waals surface area (Å²) in [5, 5.41) is 18.0. The van der Waals surface area contributed by atoms with Crippen molar-refractivity contribution in [3.05, 3.63) is 28.2 Å². The Kier molecular flexibility index (Phi) is 4.66. The van der Waals surface area contributed by atoms with E-state index < -0.39 is 22.3 Å². The number of hydrogen-bond donors (Lipinski definition) is 2. The van der Waals surface area contributed by atoms with Crippen molar-refractivity contribution in [2.24, 2.45) is 0 Å². The maximum absolute atomic E-state index is 11.6. The molecule has 1 aromatic rings. The lowest BCUT2D eigenvalue weighted by Gasteiger charge is -2.12. The molecule has 6 nitrogen and oxygen atoms in total. The minimum Gasteiger partial charge on any atom is -0.508 e. The Morgan fingerprint density at radius 3 is 2.61 bits per heavy atom. The van der Waals surface area contributed by atoms with Gasteiger partial charge in [0, 0.05) is 41.0 Å². The Morgan fingerprint density at radius 1 is 1.50 bits per heavy atom. The zero-order chi connectivity index (χ0) is 13.9. The van der Waals surface area contributed by atoms with Crippen molar-refractivity contribution in [3.8, 4) is 5.75 Å². The third-order valence-electron chi connectivity index (χ3n) is 2.66. The molecule has 0 radical (unpaired) electrons. The highest BCUT2D eigenvalue weighted by atomic mass is 32.2. The van der Waals surface area contributed by atoms with Gasteiger partial charge in [-0.1, -0.05) is 6.92 Å². The van der Waals surface area contributed by atoms with E-state index in [1.807, 2.05) is 0 Å². The molecular weight excluding hydrogens is 258 g/mol. The molecule has 0 aliphatic rings. The van der Waals surface area contributed by atoms with Gasteiger partial charge < -0.3 is 14.8 Å². The minimum atomic E-state index is -1.28. The second-order valence-corrected chi connectivity index (χ2v) is 5.79. The first-order chi connectivity index (χ1) is 8.32. The summed E-state index contributed by atoms with van der Waals surface area (Å²) in [6, 6.07) is 1.98. The first kappa shape index (κ1) is 14.4. The minimum absolute atomic E-state index is 0.132. The number of aromatic hydroxyl groups is 1. The standard InChI is InChI=1S/C11H15NO5S/c1-7(18(2)17)3-4-12-9(11(15)16)5-8(13)6-10(12)14/h5-7,13H,3-4H2,1-2H3,(H,15,16). The largest absolute Gasteiger partial charge is 0.508 e. The summed E-state index contributed by atoms with van der Waals surface area (Å²) in [7, 11) is -1.02. The quantitative estimate of drug-likeness (QED) is 0.810. The van der Waals surface area contributed by atoms with E-state index in [4.69, 9.17) is 5.11 Å². The van der Waals surface area contributed by atoms with Gasteiger partial charge in [-0.25, -0.2) is 4.79 Å². The van der Waals surface area contributed by atoms with Crippen LogP contribution in [0.2, 0.25) is 0 Å². The fraction of sp³-hybridized carbons (Fsp3) is 0.455. The van der Waals surface area contributed by atoms with E-state index in [-0.39, 0.29) is 23.2 Å². The van der Waals surface area contributed by atoms with E-state index >= 15 is 0 Å². The van der Waals surface area contributed by atoms with Crippen LogP contribution in [0, 0.1) is 0 Å². The molecule has 0 aromatic carbocycles. The molecule has 7 heteroatoms. The molecule has 1 rings (SSSR count). The van der Waals surface area contributed by atoms with E-state index in [9.17, 15) is 18.9 Å². The molecular formula is C11H15NO5S. The lowest BCUT2D eigenvalue weighted by Crippen LogP contribution is -2.27. The Hall–Kier alpha value is -1.63. The van der Waals surface area contributed by atoms with Crippen LogP contribution in [0.5, 0.6) is 5.75 Å². The van der Waals surface area contributed by atoms with Gasteiger partial charge in [0.2, 0.25) is 0 Å². The molecule has 0 fully saturated rings. The third kappa shape index (κ3) is 3.43. The highest BCUT2D eigenvalue weighted by Gasteiger charge is 2.14. The molecule has 100 valence electrons. The van der Waals surface area contributed by atoms with Gasteiger partial charge in [-0.3, -0.25) is 9.00 Å². The van der Waals surface area contributed by atoms with E-state index in [1.165, 1.54) is 0 Å². The fourth-order valence-electron chi connectivity index (χ4n) is 1.47. The van der Waals surface area contributed by atoms with Crippen LogP contribution in [0.15, 0.2) is 16.9 Å². The van der Waals surface area contributed by atoms with Crippen molar-refractivity contribution in [2.45, 2.75) is 25.1 Å². The lowest BCUT2D eigenvalue weighted by atomic mass is 10.2. The first-order valence-electron chi connectivity index (χ1n) is 5.32. The molecule has 2 N–H and O–H groups in total. The molecule has 0 spiro atoms. The molecule has 0 aliphatic heterocycles. The van der Waals surface area contributed by atoms with Crippen LogP contribution in [-0.2, 0) is 17.3 Å². The van der Waals surface area contributed by atoms with E-state index in [1.54, 1.807) is 13.2 Å².